The van der Waals surface area contributed by atoms with Crippen LogP contribution in [-0.2, 0) is 12.6 Å². The van der Waals surface area contributed by atoms with E-state index in [2.05, 4.69) is 0 Å². The van der Waals surface area contributed by atoms with E-state index in [-0.39, 0.29) is 6.04 Å². The third-order valence-electron chi connectivity index (χ3n) is 3.81. The fraction of sp³-hybridized carbons (Fsp3) is 0.250. The normalized spacial score (nSPS) is 18.1. The van der Waals surface area contributed by atoms with Crippen LogP contribution in [0.5, 0.6) is 0 Å². The molecule has 1 unspecified atom stereocenters. The Balaban J connectivity index is 1.94. The lowest BCUT2D eigenvalue weighted by molar-refractivity contribution is -0.137. The van der Waals surface area contributed by atoms with E-state index in [0.717, 1.165) is 41.7 Å². The van der Waals surface area contributed by atoms with Gasteiger partial charge >= 0.3 is 6.18 Å². The summed E-state index contributed by atoms with van der Waals surface area (Å²) in [6.07, 6.45) is -2.42. The zero-order valence-corrected chi connectivity index (χ0v) is 10.7. The van der Waals surface area contributed by atoms with Crippen LogP contribution in [0.3, 0.4) is 0 Å². The van der Waals surface area contributed by atoms with E-state index in [9.17, 15) is 13.2 Å². The fourth-order valence-corrected chi connectivity index (χ4v) is 2.68. The summed E-state index contributed by atoms with van der Waals surface area (Å²) in [5.74, 6) is 0. The van der Waals surface area contributed by atoms with Crippen molar-refractivity contribution in [2.75, 3.05) is 0 Å². The second kappa shape index (κ2) is 4.63. The molecule has 104 valence electrons. The van der Waals surface area contributed by atoms with Crippen LogP contribution < -0.4 is 5.73 Å². The van der Waals surface area contributed by atoms with Gasteiger partial charge in [0, 0.05) is 6.04 Å². The molecule has 2 aromatic carbocycles. The van der Waals surface area contributed by atoms with E-state index in [1.54, 1.807) is 0 Å². The Kier molecular flexibility index (Phi) is 3.05. The van der Waals surface area contributed by atoms with Crippen molar-refractivity contribution in [3.63, 3.8) is 0 Å². The SMILES string of the molecule is NC1CCc2cc(-c3ccc(C(F)(F)F)cc3)ccc21. The quantitative estimate of drug-likeness (QED) is 0.825. The minimum absolute atomic E-state index is 0.0895. The van der Waals surface area contributed by atoms with Gasteiger partial charge < -0.3 is 5.73 Å². The van der Waals surface area contributed by atoms with Gasteiger partial charge in [-0.15, -0.1) is 0 Å². The number of hydrogen-bond acceptors (Lipinski definition) is 1. The predicted molar refractivity (Wildman–Crippen MR) is 72.1 cm³/mol. The number of nitrogens with two attached hydrogens (primary N) is 1. The van der Waals surface area contributed by atoms with Gasteiger partial charge in [-0.1, -0.05) is 30.3 Å². The predicted octanol–water partition coefficient (Wildman–Crippen LogP) is 4.32. The first-order valence-electron chi connectivity index (χ1n) is 6.51. The van der Waals surface area contributed by atoms with Crippen molar-refractivity contribution in [3.8, 4) is 11.1 Å². The average Bonchev–Trinajstić information content (AvgIpc) is 2.79. The van der Waals surface area contributed by atoms with E-state index in [1.807, 2.05) is 18.2 Å². The van der Waals surface area contributed by atoms with Crippen LogP contribution in [0.25, 0.3) is 11.1 Å². The number of rotatable bonds is 1. The first kappa shape index (κ1) is 13.2. The lowest BCUT2D eigenvalue weighted by Crippen LogP contribution is -2.05. The second-order valence-corrected chi connectivity index (χ2v) is 5.13. The molecule has 0 spiro atoms. The van der Waals surface area contributed by atoms with Crippen molar-refractivity contribution in [3.05, 3.63) is 59.2 Å². The molecular weight excluding hydrogens is 263 g/mol. The van der Waals surface area contributed by atoms with Crippen LogP contribution in [0.1, 0.15) is 29.2 Å². The zero-order valence-electron chi connectivity index (χ0n) is 10.7. The molecule has 0 fully saturated rings. The van der Waals surface area contributed by atoms with Gasteiger partial charge in [0.2, 0.25) is 0 Å². The Morgan fingerprint density at radius 3 is 2.25 bits per heavy atom. The second-order valence-electron chi connectivity index (χ2n) is 5.13. The number of fused-ring (bicyclic) bond motifs is 1. The highest BCUT2D eigenvalue weighted by Gasteiger charge is 2.30. The minimum Gasteiger partial charge on any atom is -0.324 e. The van der Waals surface area contributed by atoms with Gasteiger partial charge in [-0.05, 0) is 47.2 Å². The molecule has 1 aliphatic carbocycles. The molecule has 4 heteroatoms. The third-order valence-corrected chi connectivity index (χ3v) is 3.81. The summed E-state index contributed by atoms with van der Waals surface area (Å²) in [4.78, 5) is 0. The van der Waals surface area contributed by atoms with Crippen molar-refractivity contribution in [1.29, 1.82) is 0 Å². The van der Waals surface area contributed by atoms with E-state index < -0.39 is 11.7 Å². The Hall–Kier alpha value is -1.81. The van der Waals surface area contributed by atoms with Crippen LogP contribution in [0.15, 0.2) is 42.5 Å². The van der Waals surface area contributed by atoms with Crippen molar-refractivity contribution in [2.24, 2.45) is 5.73 Å². The van der Waals surface area contributed by atoms with Crippen molar-refractivity contribution < 1.29 is 13.2 Å². The van der Waals surface area contributed by atoms with Gasteiger partial charge in [-0.25, -0.2) is 0 Å². The summed E-state index contributed by atoms with van der Waals surface area (Å²) in [6, 6.07) is 11.3. The number of halogens is 3. The number of alkyl halides is 3. The molecule has 0 bridgehead atoms. The van der Waals surface area contributed by atoms with Crippen LogP contribution in [-0.4, -0.2) is 0 Å². The molecule has 0 amide bonds. The molecule has 1 nitrogen and oxygen atoms in total. The van der Waals surface area contributed by atoms with Crippen molar-refractivity contribution in [2.45, 2.75) is 25.1 Å². The minimum atomic E-state index is -4.29. The maximum Gasteiger partial charge on any atom is 0.416 e. The van der Waals surface area contributed by atoms with Gasteiger partial charge in [0.05, 0.1) is 5.56 Å². The molecule has 0 radical (unpaired) electrons. The standard InChI is InChI=1S/C16H14F3N/c17-16(18,19)13-5-1-10(2-6-13)11-3-7-14-12(9-11)4-8-15(14)20/h1-3,5-7,9,15H,4,8,20H2. The summed E-state index contributed by atoms with van der Waals surface area (Å²) in [5.41, 5.74) is 9.44. The van der Waals surface area contributed by atoms with Gasteiger partial charge in [-0.3, -0.25) is 0 Å². The molecule has 0 saturated carbocycles. The smallest absolute Gasteiger partial charge is 0.324 e. The van der Waals surface area contributed by atoms with Gasteiger partial charge in [0.1, 0.15) is 0 Å². The van der Waals surface area contributed by atoms with Crippen molar-refractivity contribution >= 4 is 0 Å². The first-order chi connectivity index (χ1) is 9.45. The molecule has 2 N–H and O–H groups in total. The van der Waals surface area contributed by atoms with Crippen LogP contribution >= 0.6 is 0 Å². The molecule has 0 saturated heterocycles. The Labute approximate surface area is 115 Å². The molecule has 0 aromatic heterocycles. The number of aryl methyl sites for hydroxylation is 1. The molecular formula is C16H14F3N. The lowest BCUT2D eigenvalue weighted by atomic mass is 9.99. The maximum atomic E-state index is 12.5. The summed E-state index contributed by atoms with van der Waals surface area (Å²) in [7, 11) is 0. The van der Waals surface area contributed by atoms with Crippen LogP contribution in [0.2, 0.25) is 0 Å². The average molecular weight is 277 g/mol. The van der Waals surface area contributed by atoms with Crippen LogP contribution in [0.4, 0.5) is 13.2 Å². The summed E-state index contributed by atoms with van der Waals surface area (Å²) in [5, 5.41) is 0. The largest absolute Gasteiger partial charge is 0.416 e. The Bertz CT molecular complexity index is 629. The zero-order chi connectivity index (χ0) is 14.3. The highest BCUT2D eigenvalue weighted by Crippen LogP contribution is 2.34. The topological polar surface area (TPSA) is 26.0 Å². The molecule has 3 rings (SSSR count). The summed E-state index contributed by atoms with van der Waals surface area (Å²) >= 11 is 0. The molecule has 20 heavy (non-hydrogen) atoms. The molecule has 0 aliphatic heterocycles. The summed E-state index contributed by atoms with van der Waals surface area (Å²) < 4.78 is 37.6. The van der Waals surface area contributed by atoms with Crippen LogP contribution in [0, 0.1) is 0 Å². The highest BCUT2D eigenvalue weighted by molar-refractivity contribution is 5.66. The molecule has 1 atom stereocenters. The van der Waals surface area contributed by atoms with Gasteiger partial charge in [0.15, 0.2) is 0 Å². The summed E-state index contributed by atoms with van der Waals surface area (Å²) in [6.45, 7) is 0. The maximum absolute atomic E-state index is 12.5. The van der Waals surface area contributed by atoms with E-state index >= 15 is 0 Å². The Morgan fingerprint density at radius 2 is 1.60 bits per heavy atom. The molecule has 2 aromatic rings. The lowest BCUT2D eigenvalue weighted by Gasteiger charge is -2.10. The van der Waals surface area contributed by atoms with E-state index in [1.165, 1.54) is 17.7 Å². The highest BCUT2D eigenvalue weighted by atomic mass is 19.4. The fourth-order valence-electron chi connectivity index (χ4n) is 2.68. The van der Waals surface area contributed by atoms with Gasteiger partial charge in [0.25, 0.3) is 0 Å². The Morgan fingerprint density at radius 1 is 0.950 bits per heavy atom. The van der Waals surface area contributed by atoms with Crippen molar-refractivity contribution in [1.82, 2.24) is 0 Å². The first-order valence-corrected chi connectivity index (χ1v) is 6.51. The van der Waals surface area contributed by atoms with E-state index in [0.29, 0.717) is 0 Å². The number of hydrogen-bond donors (Lipinski definition) is 1. The number of benzene rings is 2. The van der Waals surface area contributed by atoms with Gasteiger partial charge in [-0.2, -0.15) is 13.2 Å². The monoisotopic (exact) mass is 277 g/mol. The van der Waals surface area contributed by atoms with E-state index in [4.69, 9.17) is 5.73 Å². The molecule has 0 heterocycles. The molecule has 1 aliphatic rings. The third kappa shape index (κ3) is 2.31.